The van der Waals surface area contributed by atoms with E-state index >= 15 is 0 Å². The number of benzene rings is 1. The van der Waals surface area contributed by atoms with Gasteiger partial charge in [0, 0.05) is 17.5 Å². The first-order valence-corrected chi connectivity index (χ1v) is 7.85. The fraction of sp³-hybridized carbons (Fsp3) is 0.312. The Morgan fingerprint density at radius 3 is 2.80 bits per heavy atom. The highest BCUT2D eigenvalue weighted by Crippen LogP contribution is 2.42. The van der Waals surface area contributed by atoms with E-state index in [1.807, 2.05) is 11.3 Å². The maximum absolute atomic E-state index is 5.74. The zero-order chi connectivity index (χ0) is 13.7. The fourth-order valence-corrected chi connectivity index (χ4v) is 3.56. The van der Waals surface area contributed by atoms with Gasteiger partial charge in [0.1, 0.15) is 0 Å². The van der Waals surface area contributed by atoms with Crippen molar-refractivity contribution in [1.82, 2.24) is 9.55 Å². The number of fused-ring (bicyclic) bond motifs is 1. The number of rotatable bonds is 3. The van der Waals surface area contributed by atoms with Crippen molar-refractivity contribution in [1.29, 1.82) is 0 Å². The number of hydrogen-bond acceptors (Lipinski definition) is 3. The molecule has 3 nitrogen and oxygen atoms in total. The molecule has 0 bridgehead atoms. The van der Waals surface area contributed by atoms with Crippen molar-refractivity contribution in [3.8, 4) is 10.7 Å². The molecule has 1 fully saturated rings. The van der Waals surface area contributed by atoms with Crippen molar-refractivity contribution < 1.29 is 0 Å². The second kappa shape index (κ2) is 4.43. The van der Waals surface area contributed by atoms with Crippen LogP contribution >= 0.6 is 11.3 Å². The molecule has 1 aliphatic rings. The minimum absolute atomic E-state index is 0.569. The van der Waals surface area contributed by atoms with Crippen molar-refractivity contribution >= 4 is 22.4 Å². The van der Waals surface area contributed by atoms with Gasteiger partial charge in [0.15, 0.2) is 5.82 Å². The van der Waals surface area contributed by atoms with E-state index in [9.17, 15) is 0 Å². The molecule has 0 spiro atoms. The van der Waals surface area contributed by atoms with Gasteiger partial charge in [-0.15, -0.1) is 11.3 Å². The molecule has 0 radical (unpaired) electrons. The smallest absolute Gasteiger partial charge is 0.151 e. The quantitative estimate of drug-likeness (QED) is 0.793. The number of nitrogens with two attached hydrogens (primary N) is 1. The van der Waals surface area contributed by atoms with E-state index in [1.165, 1.54) is 28.1 Å². The molecule has 2 aromatic heterocycles. The molecule has 3 aromatic rings. The number of nitrogens with zero attached hydrogens (tertiary/aromatic N) is 2. The molecule has 0 atom stereocenters. The molecule has 2 heterocycles. The molecular weight excluding hydrogens is 266 g/mol. The molecule has 0 unspecified atom stereocenters. The van der Waals surface area contributed by atoms with Crippen molar-refractivity contribution in [2.24, 2.45) is 5.73 Å². The second-order valence-corrected chi connectivity index (χ2v) is 6.76. The molecule has 1 saturated carbocycles. The molecule has 1 aromatic carbocycles. The number of aromatic nitrogens is 2. The maximum Gasteiger partial charge on any atom is 0.151 e. The van der Waals surface area contributed by atoms with Crippen molar-refractivity contribution in [2.45, 2.75) is 32.4 Å². The molecule has 4 heteroatoms. The molecule has 0 saturated heterocycles. The third-order valence-corrected chi connectivity index (χ3v) is 4.86. The van der Waals surface area contributed by atoms with E-state index in [-0.39, 0.29) is 0 Å². The molecule has 20 heavy (non-hydrogen) atoms. The lowest BCUT2D eigenvalue weighted by atomic mass is 10.2. The van der Waals surface area contributed by atoms with Crippen LogP contribution in [0.2, 0.25) is 0 Å². The number of thiophene rings is 1. The zero-order valence-electron chi connectivity index (χ0n) is 11.5. The van der Waals surface area contributed by atoms with Crippen LogP contribution in [-0.4, -0.2) is 9.55 Å². The van der Waals surface area contributed by atoms with E-state index in [0.29, 0.717) is 12.6 Å². The lowest BCUT2D eigenvalue weighted by molar-refractivity contribution is 0.776. The average Bonchev–Trinajstić information content (AvgIpc) is 3.09. The molecule has 0 aliphatic heterocycles. The molecule has 2 N–H and O–H groups in total. The molecule has 4 rings (SSSR count). The Labute approximate surface area is 122 Å². The second-order valence-electron chi connectivity index (χ2n) is 5.47. The Morgan fingerprint density at radius 2 is 2.15 bits per heavy atom. The summed E-state index contributed by atoms with van der Waals surface area (Å²) in [5.74, 6) is 1.12. The first kappa shape index (κ1) is 12.1. The number of aryl methyl sites for hydroxylation is 1. The third-order valence-electron chi connectivity index (χ3n) is 3.86. The Morgan fingerprint density at radius 1 is 1.30 bits per heavy atom. The Balaban J connectivity index is 1.96. The van der Waals surface area contributed by atoms with Crippen LogP contribution in [0.5, 0.6) is 0 Å². The largest absolute Gasteiger partial charge is 0.326 e. The standard InChI is InChI=1S/C16H17N3S/c1-10-2-7-15(20-10)16-18-13-8-11(9-17)3-6-14(13)19(16)12-4-5-12/h2-3,6-8,12H,4-5,9,17H2,1H3. The summed E-state index contributed by atoms with van der Waals surface area (Å²) in [7, 11) is 0. The minimum Gasteiger partial charge on any atom is -0.326 e. The van der Waals surface area contributed by atoms with Crippen LogP contribution in [0.1, 0.15) is 29.3 Å². The van der Waals surface area contributed by atoms with E-state index in [2.05, 4.69) is 41.8 Å². The highest BCUT2D eigenvalue weighted by atomic mass is 32.1. The van der Waals surface area contributed by atoms with Gasteiger partial charge in [-0.2, -0.15) is 0 Å². The van der Waals surface area contributed by atoms with Gasteiger partial charge in [-0.1, -0.05) is 6.07 Å². The van der Waals surface area contributed by atoms with Gasteiger partial charge in [-0.05, 0) is 49.6 Å². The predicted molar refractivity (Wildman–Crippen MR) is 83.9 cm³/mol. The fourth-order valence-electron chi connectivity index (χ4n) is 2.70. The highest BCUT2D eigenvalue weighted by Gasteiger charge is 2.29. The van der Waals surface area contributed by atoms with Crippen LogP contribution < -0.4 is 5.73 Å². The third kappa shape index (κ3) is 1.87. The number of imidazole rings is 1. The summed E-state index contributed by atoms with van der Waals surface area (Å²) in [5.41, 5.74) is 9.20. The van der Waals surface area contributed by atoms with Crippen LogP contribution in [0.4, 0.5) is 0 Å². The van der Waals surface area contributed by atoms with E-state index in [0.717, 1.165) is 16.9 Å². The monoisotopic (exact) mass is 283 g/mol. The lowest BCUT2D eigenvalue weighted by Gasteiger charge is -2.06. The highest BCUT2D eigenvalue weighted by molar-refractivity contribution is 7.15. The zero-order valence-corrected chi connectivity index (χ0v) is 12.3. The van der Waals surface area contributed by atoms with E-state index < -0.39 is 0 Å². The van der Waals surface area contributed by atoms with Gasteiger partial charge in [0.2, 0.25) is 0 Å². The van der Waals surface area contributed by atoms with E-state index in [4.69, 9.17) is 10.7 Å². The predicted octanol–water partition coefficient (Wildman–Crippen LogP) is 3.87. The van der Waals surface area contributed by atoms with Crippen molar-refractivity contribution in [3.05, 3.63) is 40.8 Å². The summed E-state index contributed by atoms with van der Waals surface area (Å²) in [5, 5.41) is 0. The molecular formula is C16H17N3S. The first-order chi connectivity index (χ1) is 9.76. The number of hydrogen-bond donors (Lipinski definition) is 1. The van der Waals surface area contributed by atoms with Crippen LogP contribution in [0.15, 0.2) is 30.3 Å². The lowest BCUT2D eigenvalue weighted by Crippen LogP contribution is -1.97. The molecule has 0 amide bonds. The normalized spacial score (nSPS) is 15.1. The minimum atomic E-state index is 0.569. The van der Waals surface area contributed by atoms with Gasteiger partial charge in [0.05, 0.1) is 15.9 Å². The Bertz CT molecular complexity index is 780. The van der Waals surface area contributed by atoms with Gasteiger partial charge in [0.25, 0.3) is 0 Å². The summed E-state index contributed by atoms with van der Waals surface area (Å²) in [4.78, 5) is 7.48. The van der Waals surface area contributed by atoms with Gasteiger partial charge in [-0.25, -0.2) is 4.98 Å². The SMILES string of the molecule is Cc1ccc(-c2nc3cc(CN)ccc3n2C2CC2)s1. The van der Waals surface area contributed by atoms with Gasteiger partial charge in [-0.3, -0.25) is 0 Å². The van der Waals surface area contributed by atoms with Crippen molar-refractivity contribution in [3.63, 3.8) is 0 Å². The Hall–Kier alpha value is -1.65. The summed E-state index contributed by atoms with van der Waals surface area (Å²) in [6, 6.07) is 11.4. The van der Waals surface area contributed by atoms with Gasteiger partial charge < -0.3 is 10.3 Å². The topological polar surface area (TPSA) is 43.8 Å². The average molecular weight is 283 g/mol. The van der Waals surface area contributed by atoms with Crippen LogP contribution in [0.3, 0.4) is 0 Å². The van der Waals surface area contributed by atoms with Crippen LogP contribution in [-0.2, 0) is 6.54 Å². The summed E-state index contributed by atoms with van der Waals surface area (Å²) < 4.78 is 2.42. The molecule has 1 aliphatic carbocycles. The summed E-state index contributed by atoms with van der Waals surface area (Å²) in [6.07, 6.45) is 2.53. The van der Waals surface area contributed by atoms with Crippen LogP contribution in [0.25, 0.3) is 21.7 Å². The van der Waals surface area contributed by atoms with Crippen LogP contribution in [0, 0.1) is 6.92 Å². The maximum atomic E-state index is 5.74. The first-order valence-electron chi connectivity index (χ1n) is 7.04. The molecule has 102 valence electrons. The van der Waals surface area contributed by atoms with Gasteiger partial charge >= 0.3 is 0 Å². The Kier molecular flexibility index (Phi) is 2.69. The summed E-state index contributed by atoms with van der Waals surface area (Å²) in [6.45, 7) is 2.71. The summed E-state index contributed by atoms with van der Waals surface area (Å²) >= 11 is 1.82. The van der Waals surface area contributed by atoms with E-state index in [1.54, 1.807) is 0 Å². The van der Waals surface area contributed by atoms with Crippen molar-refractivity contribution in [2.75, 3.05) is 0 Å².